The number of Topliss-reactive ketones (excluding diaryl/α,β-unsaturated/α-hetero) is 1. The summed E-state index contributed by atoms with van der Waals surface area (Å²) in [5.74, 6) is 2.98. The molecule has 0 bridgehead atoms. The molecule has 0 aromatic rings. The van der Waals surface area contributed by atoms with Crippen molar-refractivity contribution in [2.24, 2.45) is 46.2 Å². The van der Waals surface area contributed by atoms with E-state index in [1.165, 1.54) is 25.7 Å². The summed E-state index contributed by atoms with van der Waals surface area (Å²) >= 11 is 0. The summed E-state index contributed by atoms with van der Waals surface area (Å²) in [5, 5.41) is 11.2. The fourth-order valence-electron chi connectivity index (χ4n) is 7.92. The van der Waals surface area contributed by atoms with Crippen molar-refractivity contribution < 1.29 is 9.90 Å². The first kappa shape index (κ1) is 17.0. The van der Waals surface area contributed by atoms with Gasteiger partial charge in [-0.3, -0.25) is 4.79 Å². The van der Waals surface area contributed by atoms with Gasteiger partial charge in [0.15, 0.2) is 0 Å². The lowest BCUT2D eigenvalue weighted by molar-refractivity contribution is -0.168. The molecule has 3 N–H and O–H groups in total. The van der Waals surface area contributed by atoms with Crippen LogP contribution in [0.15, 0.2) is 0 Å². The van der Waals surface area contributed by atoms with Gasteiger partial charge in [0.2, 0.25) is 0 Å². The molecule has 3 nitrogen and oxygen atoms in total. The van der Waals surface area contributed by atoms with Gasteiger partial charge in [0, 0.05) is 17.4 Å². The molecule has 24 heavy (non-hydrogen) atoms. The molecule has 0 aliphatic heterocycles. The molecule has 4 aliphatic carbocycles. The molecule has 4 aliphatic rings. The number of hydrogen-bond acceptors (Lipinski definition) is 3. The van der Waals surface area contributed by atoms with Crippen LogP contribution < -0.4 is 5.73 Å². The normalized spacial score (nSPS) is 57.0. The highest BCUT2D eigenvalue weighted by Crippen LogP contribution is 2.67. The zero-order valence-corrected chi connectivity index (χ0v) is 15.6. The zero-order chi connectivity index (χ0) is 17.3. The number of aliphatic hydroxyl groups excluding tert-OH is 1. The summed E-state index contributed by atoms with van der Waals surface area (Å²) in [7, 11) is 0. The average Bonchev–Trinajstić information content (AvgIpc) is 2.88. The molecule has 0 amide bonds. The third kappa shape index (κ3) is 2.13. The lowest BCUT2D eigenvalue weighted by atomic mass is 9.44. The van der Waals surface area contributed by atoms with Crippen LogP contribution in [0.25, 0.3) is 0 Å². The van der Waals surface area contributed by atoms with Gasteiger partial charge in [-0.25, -0.2) is 0 Å². The van der Waals surface area contributed by atoms with E-state index in [9.17, 15) is 9.90 Å². The second-order valence-electron chi connectivity index (χ2n) is 10.0. The van der Waals surface area contributed by atoms with Crippen LogP contribution in [0.5, 0.6) is 0 Å². The molecule has 3 heteroatoms. The smallest absolute Gasteiger partial charge is 0.133 e. The Bertz CT molecular complexity index is 534. The monoisotopic (exact) mass is 333 g/mol. The summed E-state index contributed by atoms with van der Waals surface area (Å²) < 4.78 is 0. The van der Waals surface area contributed by atoms with E-state index < -0.39 is 0 Å². The van der Waals surface area contributed by atoms with E-state index in [0.29, 0.717) is 35.0 Å². The first-order chi connectivity index (χ1) is 11.3. The number of carbonyl (C=O) groups is 1. The minimum absolute atomic E-state index is 0.0729. The van der Waals surface area contributed by atoms with Crippen LogP contribution in [0.3, 0.4) is 0 Å². The van der Waals surface area contributed by atoms with Crippen LogP contribution in [-0.4, -0.2) is 23.0 Å². The first-order valence-corrected chi connectivity index (χ1v) is 10.2. The van der Waals surface area contributed by atoms with Crippen molar-refractivity contribution in [1.82, 2.24) is 0 Å². The standard InChI is InChI=1S/C21H35NO2/c1-12(23)16-6-7-17-15-5-4-13-10-14(22)8-9-20(13,2)18(15)11-19(24)21(16,17)3/h13-19,24H,4-11,22H2,1-3H3/t13-,14+,15-,16+,17-,18-,19+,20-,21+/m0/s1. The van der Waals surface area contributed by atoms with E-state index in [1.807, 2.05) is 0 Å². The maximum Gasteiger partial charge on any atom is 0.133 e. The number of nitrogens with two attached hydrogens (primary N) is 1. The van der Waals surface area contributed by atoms with Crippen LogP contribution in [0.4, 0.5) is 0 Å². The molecule has 4 saturated carbocycles. The fraction of sp³-hybridized carbons (Fsp3) is 0.952. The molecular weight excluding hydrogens is 298 g/mol. The van der Waals surface area contributed by atoms with Crippen LogP contribution >= 0.6 is 0 Å². The Morgan fingerprint density at radius 1 is 1.04 bits per heavy atom. The Morgan fingerprint density at radius 3 is 2.50 bits per heavy atom. The van der Waals surface area contributed by atoms with Gasteiger partial charge >= 0.3 is 0 Å². The topological polar surface area (TPSA) is 63.3 Å². The molecule has 4 rings (SSSR count). The van der Waals surface area contributed by atoms with Gasteiger partial charge in [-0.1, -0.05) is 13.8 Å². The summed E-state index contributed by atoms with van der Waals surface area (Å²) in [6.07, 6.45) is 8.86. The molecule has 4 fully saturated rings. The number of ketones is 1. The van der Waals surface area contributed by atoms with Crippen molar-refractivity contribution in [2.45, 2.75) is 84.3 Å². The summed E-state index contributed by atoms with van der Waals surface area (Å²) in [6.45, 7) is 6.45. The molecule has 0 radical (unpaired) electrons. The van der Waals surface area contributed by atoms with E-state index in [2.05, 4.69) is 13.8 Å². The van der Waals surface area contributed by atoms with Crippen molar-refractivity contribution in [1.29, 1.82) is 0 Å². The van der Waals surface area contributed by atoms with Crippen LogP contribution in [0.2, 0.25) is 0 Å². The van der Waals surface area contributed by atoms with Gasteiger partial charge in [-0.2, -0.15) is 0 Å². The maximum atomic E-state index is 12.2. The Kier molecular flexibility index (Phi) is 3.93. The SMILES string of the molecule is CC(=O)[C@H]1CC[C@H]2[C@@H]3CC[C@H]4C[C@H](N)CC[C@]4(C)[C@H]3C[C@@H](O)[C@]12C. The highest BCUT2D eigenvalue weighted by atomic mass is 16.3. The highest BCUT2D eigenvalue weighted by Gasteiger charge is 2.63. The number of fused-ring (bicyclic) bond motifs is 5. The van der Waals surface area contributed by atoms with Crippen molar-refractivity contribution >= 4 is 5.78 Å². The Balaban J connectivity index is 1.66. The Morgan fingerprint density at radius 2 is 1.79 bits per heavy atom. The van der Waals surface area contributed by atoms with Gasteiger partial charge in [-0.15, -0.1) is 0 Å². The second-order valence-corrected chi connectivity index (χ2v) is 10.0. The van der Waals surface area contributed by atoms with Gasteiger partial charge in [0.25, 0.3) is 0 Å². The largest absolute Gasteiger partial charge is 0.393 e. The third-order valence-electron chi connectivity index (χ3n) is 9.30. The van der Waals surface area contributed by atoms with Crippen LogP contribution in [0, 0.1) is 40.4 Å². The van der Waals surface area contributed by atoms with Gasteiger partial charge in [0.05, 0.1) is 6.10 Å². The molecule has 0 saturated heterocycles. The molecule has 0 aromatic carbocycles. The summed E-state index contributed by atoms with van der Waals surface area (Å²) in [5.41, 5.74) is 6.44. The number of rotatable bonds is 1. The minimum Gasteiger partial charge on any atom is -0.393 e. The van der Waals surface area contributed by atoms with Crippen LogP contribution in [0.1, 0.15) is 72.1 Å². The fourth-order valence-corrected chi connectivity index (χ4v) is 7.92. The average molecular weight is 334 g/mol. The number of hydrogen-bond donors (Lipinski definition) is 2. The summed E-state index contributed by atoms with van der Waals surface area (Å²) in [6, 6.07) is 0.381. The second kappa shape index (κ2) is 5.54. The van der Waals surface area contributed by atoms with Crippen molar-refractivity contribution in [2.75, 3.05) is 0 Å². The lowest BCUT2D eigenvalue weighted by Crippen LogP contribution is -2.59. The first-order valence-electron chi connectivity index (χ1n) is 10.2. The third-order valence-corrected chi connectivity index (χ3v) is 9.30. The molecule has 136 valence electrons. The van der Waals surface area contributed by atoms with E-state index in [0.717, 1.165) is 31.6 Å². The molecular formula is C21H35NO2. The molecule has 0 aromatic heterocycles. The summed E-state index contributed by atoms with van der Waals surface area (Å²) in [4.78, 5) is 12.2. The number of aliphatic hydroxyl groups is 1. The zero-order valence-electron chi connectivity index (χ0n) is 15.6. The lowest BCUT2D eigenvalue weighted by Gasteiger charge is -2.62. The predicted octanol–water partition coefficient (Wildman–Crippen LogP) is 3.53. The predicted molar refractivity (Wildman–Crippen MR) is 95.3 cm³/mol. The van der Waals surface area contributed by atoms with Crippen molar-refractivity contribution in [3.8, 4) is 0 Å². The molecule has 9 atom stereocenters. The van der Waals surface area contributed by atoms with E-state index in [4.69, 9.17) is 5.73 Å². The van der Waals surface area contributed by atoms with E-state index in [-0.39, 0.29) is 17.4 Å². The van der Waals surface area contributed by atoms with Crippen LogP contribution in [-0.2, 0) is 4.79 Å². The Hall–Kier alpha value is -0.410. The molecule has 0 heterocycles. The maximum absolute atomic E-state index is 12.2. The van der Waals surface area contributed by atoms with E-state index >= 15 is 0 Å². The highest BCUT2D eigenvalue weighted by molar-refractivity contribution is 5.79. The quantitative estimate of drug-likeness (QED) is 0.771. The Labute approximate surface area is 146 Å². The minimum atomic E-state index is -0.314. The van der Waals surface area contributed by atoms with Crippen molar-refractivity contribution in [3.05, 3.63) is 0 Å². The van der Waals surface area contributed by atoms with Gasteiger partial charge < -0.3 is 10.8 Å². The van der Waals surface area contributed by atoms with Gasteiger partial charge in [0.1, 0.15) is 5.78 Å². The van der Waals surface area contributed by atoms with Gasteiger partial charge in [-0.05, 0) is 87.4 Å². The van der Waals surface area contributed by atoms with Crippen molar-refractivity contribution in [3.63, 3.8) is 0 Å². The molecule has 0 spiro atoms. The van der Waals surface area contributed by atoms with E-state index in [1.54, 1.807) is 6.92 Å². The number of carbonyl (C=O) groups excluding carboxylic acids is 1. The molecule has 0 unspecified atom stereocenters.